The van der Waals surface area contributed by atoms with Crippen molar-refractivity contribution in [3.05, 3.63) is 41.2 Å². The van der Waals surface area contributed by atoms with Gasteiger partial charge in [-0.25, -0.2) is 0 Å². The van der Waals surface area contributed by atoms with Crippen molar-refractivity contribution >= 4 is 23.4 Å². The smallest absolute Gasteiger partial charge is 0.288 e. The number of H-pyrrole nitrogens is 1. The van der Waals surface area contributed by atoms with Crippen LogP contribution in [0.5, 0.6) is 0 Å². The number of amides is 1. The van der Waals surface area contributed by atoms with Crippen LogP contribution in [0.15, 0.2) is 29.2 Å². The number of hydrogen-bond donors (Lipinski definition) is 3. The quantitative estimate of drug-likeness (QED) is 0.756. The lowest BCUT2D eigenvalue weighted by molar-refractivity contribution is 0.102. The first-order valence-electron chi connectivity index (χ1n) is 6.76. The highest BCUT2D eigenvalue weighted by atomic mass is 32.2. The van der Waals surface area contributed by atoms with Crippen molar-refractivity contribution in [1.29, 1.82) is 0 Å². The fraction of sp³-hybridized carbons (Fsp3) is 0.286. The second kappa shape index (κ2) is 6.45. The molecule has 1 aromatic carbocycles. The third kappa shape index (κ3) is 3.28. The predicted octanol–water partition coefficient (Wildman–Crippen LogP) is 2.62. The normalized spacial score (nSPS) is 14.0. The Morgan fingerprint density at radius 1 is 1.32 bits per heavy atom. The molecule has 8 heteroatoms. The number of alkyl halides is 2. The molecule has 0 atom stereocenters. The lowest BCUT2D eigenvalue weighted by Crippen LogP contribution is -2.25. The highest BCUT2D eigenvalue weighted by Crippen LogP contribution is 2.26. The fourth-order valence-corrected chi connectivity index (χ4v) is 2.82. The van der Waals surface area contributed by atoms with Crippen LogP contribution >= 0.6 is 11.8 Å². The SMILES string of the molecule is O=C(Nc1ccc(SC(F)F)cc1)c1n[nH]c2c1CNCC2. The van der Waals surface area contributed by atoms with Crippen LogP contribution in [0.3, 0.4) is 0 Å². The highest BCUT2D eigenvalue weighted by molar-refractivity contribution is 7.99. The molecule has 2 aromatic rings. The van der Waals surface area contributed by atoms with E-state index in [1.165, 1.54) is 0 Å². The molecule has 1 aliphatic rings. The molecule has 0 aliphatic carbocycles. The highest BCUT2D eigenvalue weighted by Gasteiger charge is 2.21. The Morgan fingerprint density at radius 2 is 2.09 bits per heavy atom. The first-order chi connectivity index (χ1) is 10.6. The number of carbonyl (C=O) groups excluding carboxylic acids is 1. The predicted molar refractivity (Wildman–Crippen MR) is 80.3 cm³/mol. The number of hydrogen-bond acceptors (Lipinski definition) is 4. The Morgan fingerprint density at radius 3 is 2.82 bits per heavy atom. The third-order valence-electron chi connectivity index (χ3n) is 3.36. The number of anilines is 1. The second-order valence-electron chi connectivity index (χ2n) is 4.81. The van der Waals surface area contributed by atoms with Crippen molar-refractivity contribution < 1.29 is 13.6 Å². The van der Waals surface area contributed by atoms with Gasteiger partial charge in [0.2, 0.25) is 0 Å². The van der Waals surface area contributed by atoms with Gasteiger partial charge in [0.25, 0.3) is 11.7 Å². The van der Waals surface area contributed by atoms with Crippen LogP contribution in [0.25, 0.3) is 0 Å². The van der Waals surface area contributed by atoms with Gasteiger partial charge < -0.3 is 10.6 Å². The molecule has 0 saturated heterocycles. The lowest BCUT2D eigenvalue weighted by atomic mass is 10.1. The Kier molecular flexibility index (Phi) is 4.39. The van der Waals surface area contributed by atoms with Gasteiger partial charge in [0.1, 0.15) is 0 Å². The van der Waals surface area contributed by atoms with E-state index in [2.05, 4.69) is 20.8 Å². The van der Waals surface area contributed by atoms with E-state index in [9.17, 15) is 13.6 Å². The molecule has 0 saturated carbocycles. The minimum atomic E-state index is -2.46. The summed E-state index contributed by atoms with van der Waals surface area (Å²) in [4.78, 5) is 12.7. The molecule has 3 N–H and O–H groups in total. The number of benzene rings is 1. The molecule has 1 aromatic heterocycles. The van der Waals surface area contributed by atoms with E-state index in [1.807, 2.05) is 0 Å². The van der Waals surface area contributed by atoms with Crippen molar-refractivity contribution in [2.24, 2.45) is 0 Å². The minimum Gasteiger partial charge on any atom is -0.321 e. The van der Waals surface area contributed by atoms with Gasteiger partial charge in [-0.3, -0.25) is 9.89 Å². The maximum atomic E-state index is 12.3. The van der Waals surface area contributed by atoms with Gasteiger partial charge in [-0.1, -0.05) is 11.8 Å². The van der Waals surface area contributed by atoms with Gasteiger partial charge in [0.05, 0.1) is 0 Å². The first-order valence-corrected chi connectivity index (χ1v) is 7.64. The van der Waals surface area contributed by atoms with Crippen molar-refractivity contribution in [2.75, 3.05) is 11.9 Å². The Balaban J connectivity index is 1.70. The van der Waals surface area contributed by atoms with Crippen molar-refractivity contribution in [3.8, 4) is 0 Å². The molecule has 0 spiro atoms. The molecule has 1 amide bonds. The monoisotopic (exact) mass is 324 g/mol. The molecule has 2 heterocycles. The van der Waals surface area contributed by atoms with Crippen LogP contribution in [0, 0.1) is 0 Å². The zero-order valence-electron chi connectivity index (χ0n) is 11.5. The van der Waals surface area contributed by atoms with E-state index in [4.69, 9.17) is 0 Å². The summed E-state index contributed by atoms with van der Waals surface area (Å²) >= 11 is 0.471. The fourth-order valence-electron chi connectivity index (χ4n) is 2.32. The summed E-state index contributed by atoms with van der Waals surface area (Å²) in [6, 6.07) is 6.29. The van der Waals surface area contributed by atoms with Crippen LogP contribution in [0.1, 0.15) is 21.7 Å². The number of halogens is 2. The molecule has 0 radical (unpaired) electrons. The van der Waals surface area contributed by atoms with E-state index in [-0.39, 0.29) is 5.91 Å². The minimum absolute atomic E-state index is 0.310. The van der Waals surface area contributed by atoms with Crippen LogP contribution in [0.4, 0.5) is 14.5 Å². The topological polar surface area (TPSA) is 69.8 Å². The molecule has 0 bridgehead atoms. The largest absolute Gasteiger partial charge is 0.321 e. The zero-order chi connectivity index (χ0) is 15.5. The number of fused-ring (bicyclic) bond motifs is 1. The molecule has 0 unspecified atom stereocenters. The van der Waals surface area contributed by atoms with E-state index < -0.39 is 5.76 Å². The van der Waals surface area contributed by atoms with Crippen LogP contribution in [-0.4, -0.2) is 28.4 Å². The molecular weight excluding hydrogens is 310 g/mol. The summed E-state index contributed by atoms with van der Waals surface area (Å²) in [7, 11) is 0. The van der Waals surface area contributed by atoms with E-state index >= 15 is 0 Å². The number of nitrogens with one attached hydrogen (secondary N) is 3. The van der Waals surface area contributed by atoms with Gasteiger partial charge >= 0.3 is 0 Å². The second-order valence-corrected chi connectivity index (χ2v) is 5.88. The van der Waals surface area contributed by atoms with Crippen LogP contribution < -0.4 is 10.6 Å². The van der Waals surface area contributed by atoms with E-state index in [0.29, 0.717) is 34.6 Å². The maximum absolute atomic E-state index is 12.3. The van der Waals surface area contributed by atoms with Crippen LogP contribution in [0.2, 0.25) is 0 Å². The van der Waals surface area contributed by atoms with Crippen molar-refractivity contribution in [1.82, 2.24) is 15.5 Å². The standard InChI is InChI=1S/C14H14F2N4OS/c15-14(16)22-9-3-1-8(2-4-9)18-13(21)12-10-7-17-6-5-11(10)19-20-12/h1-4,14,17H,5-7H2,(H,18,21)(H,19,20). The summed E-state index contributed by atoms with van der Waals surface area (Å²) in [5.74, 6) is -2.76. The van der Waals surface area contributed by atoms with Gasteiger partial charge in [0, 0.05) is 41.4 Å². The Hall–Kier alpha value is -1.93. The van der Waals surface area contributed by atoms with Crippen molar-refractivity contribution in [2.45, 2.75) is 23.6 Å². The molecule has 3 rings (SSSR count). The van der Waals surface area contributed by atoms with E-state index in [1.54, 1.807) is 24.3 Å². The molecule has 0 fully saturated rings. The summed E-state index contributed by atoms with van der Waals surface area (Å²) in [5, 5.41) is 12.9. The molecular formula is C14H14F2N4OS. The zero-order valence-corrected chi connectivity index (χ0v) is 12.3. The number of thioether (sulfide) groups is 1. The summed E-state index contributed by atoms with van der Waals surface area (Å²) < 4.78 is 24.5. The summed E-state index contributed by atoms with van der Waals surface area (Å²) in [6.45, 7) is 1.47. The Bertz CT molecular complexity index is 672. The summed E-state index contributed by atoms with van der Waals surface area (Å²) in [5.41, 5.74) is 2.78. The number of carbonyl (C=O) groups is 1. The average molecular weight is 324 g/mol. The molecule has 116 valence electrons. The third-order valence-corrected chi connectivity index (χ3v) is 4.08. The van der Waals surface area contributed by atoms with Gasteiger partial charge in [-0.15, -0.1) is 0 Å². The number of aromatic nitrogens is 2. The van der Waals surface area contributed by atoms with Gasteiger partial charge in [-0.2, -0.15) is 13.9 Å². The van der Waals surface area contributed by atoms with Gasteiger partial charge in [-0.05, 0) is 24.3 Å². The van der Waals surface area contributed by atoms with Crippen LogP contribution in [-0.2, 0) is 13.0 Å². The van der Waals surface area contributed by atoms with E-state index in [0.717, 1.165) is 24.2 Å². The number of rotatable bonds is 4. The van der Waals surface area contributed by atoms with Gasteiger partial charge in [0.15, 0.2) is 5.69 Å². The maximum Gasteiger partial charge on any atom is 0.288 e. The number of nitrogens with zero attached hydrogens (tertiary/aromatic N) is 1. The lowest BCUT2D eigenvalue weighted by Gasteiger charge is -2.13. The Labute approximate surface area is 129 Å². The molecule has 22 heavy (non-hydrogen) atoms. The summed E-state index contributed by atoms with van der Waals surface area (Å²) in [6.07, 6.45) is 0.815. The number of aromatic amines is 1. The first kappa shape index (κ1) is 15.0. The van der Waals surface area contributed by atoms with Crippen molar-refractivity contribution in [3.63, 3.8) is 0 Å². The molecule has 5 nitrogen and oxygen atoms in total. The average Bonchev–Trinajstić information content (AvgIpc) is 2.93. The molecule has 1 aliphatic heterocycles.